The van der Waals surface area contributed by atoms with Crippen molar-refractivity contribution in [3.8, 4) is 0 Å². The first kappa shape index (κ1) is 11.9. The maximum atomic E-state index is 10.9. The average molecular weight is 214 g/mol. The molecule has 0 radical (unpaired) electrons. The van der Waals surface area contributed by atoms with Gasteiger partial charge in [0.05, 0.1) is 0 Å². The normalized spacial score (nSPS) is 20.6. The van der Waals surface area contributed by atoms with Crippen LogP contribution in [0.2, 0.25) is 18.1 Å². The standard InChI is InChI=1S/C11H22O2Si/c1-11(2,3)14(4,5)13-10(8-12)9-6-7-9/h8-10H,6-7H2,1-5H3/t10-/m1/s1. The second-order valence-electron chi connectivity index (χ2n) is 5.82. The third kappa shape index (κ3) is 2.67. The van der Waals surface area contributed by atoms with Crippen LogP contribution >= 0.6 is 0 Å². The smallest absolute Gasteiger partial charge is 0.193 e. The van der Waals surface area contributed by atoms with Crippen LogP contribution in [0.5, 0.6) is 0 Å². The first-order valence-electron chi connectivity index (χ1n) is 5.41. The molecule has 0 heterocycles. The van der Waals surface area contributed by atoms with Crippen LogP contribution < -0.4 is 0 Å². The summed E-state index contributed by atoms with van der Waals surface area (Å²) < 4.78 is 6.05. The molecule has 0 amide bonds. The molecule has 0 aliphatic heterocycles. The van der Waals surface area contributed by atoms with Crippen LogP contribution in [-0.2, 0) is 9.22 Å². The summed E-state index contributed by atoms with van der Waals surface area (Å²) in [5.41, 5.74) is 0. The Balaban J connectivity index is 2.60. The Labute approximate surface area is 88.2 Å². The molecule has 0 spiro atoms. The van der Waals surface area contributed by atoms with Gasteiger partial charge >= 0.3 is 0 Å². The van der Waals surface area contributed by atoms with E-state index in [0.717, 1.165) is 19.1 Å². The highest BCUT2D eigenvalue weighted by Crippen LogP contribution is 2.41. The van der Waals surface area contributed by atoms with Gasteiger partial charge in [-0.25, -0.2) is 0 Å². The number of carbonyl (C=O) groups is 1. The lowest BCUT2D eigenvalue weighted by Crippen LogP contribution is -2.44. The molecular weight excluding hydrogens is 192 g/mol. The van der Waals surface area contributed by atoms with E-state index in [9.17, 15) is 4.79 Å². The van der Waals surface area contributed by atoms with Crippen LogP contribution in [0.1, 0.15) is 33.6 Å². The van der Waals surface area contributed by atoms with Crippen molar-refractivity contribution in [2.75, 3.05) is 0 Å². The number of hydrogen-bond donors (Lipinski definition) is 0. The maximum absolute atomic E-state index is 10.9. The predicted molar refractivity (Wildman–Crippen MR) is 60.9 cm³/mol. The summed E-state index contributed by atoms with van der Waals surface area (Å²) in [7, 11) is -1.74. The van der Waals surface area contributed by atoms with Crippen molar-refractivity contribution >= 4 is 14.6 Å². The zero-order chi connectivity index (χ0) is 11.0. The summed E-state index contributed by atoms with van der Waals surface area (Å²) in [4.78, 5) is 10.9. The number of aldehydes is 1. The van der Waals surface area contributed by atoms with Gasteiger partial charge < -0.3 is 9.22 Å². The van der Waals surface area contributed by atoms with Crippen LogP contribution in [0.25, 0.3) is 0 Å². The van der Waals surface area contributed by atoms with Crippen molar-refractivity contribution in [1.29, 1.82) is 0 Å². The molecule has 0 aromatic rings. The van der Waals surface area contributed by atoms with E-state index in [1.54, 1.807) is 0 Å². The van der Waals surface area contributed by atoms with E-state index >= 15 is 0 Å². The lowest BCUT2D eigenvalue weighted by molar-refractivity contribution is -0.114. The van der Waals surface area contributed by atoms with Crippen molar-refractivity contribution in [3.63, 3.8) is 0 Å². The Morgan fingerprint density at radius 2 is 1.86 bits per heavy atom. The summed E-state index contributed by atoms with van der Waals surface area (Å²) in [5, 5.41) is 0.198. The topological polar surface area (TPSA) is 26.3 Å². The fraction of sp³-hybridized carbons (Fsp3) is 0.909. The molecule has 3 heteroatoms. The van der Waals surface area contributed by atoms with E-state index in [1.807, 2.05) is 0 Å². The Morgan fingerprint density at radius 3 is 2.14 bits per heavy atom. The first-order chi connectivity index (χ1) is 6.28. The Bertz CT molecular complexity index is 214. The molecule has 0 N–H and O–H groups in total. The Kier molecular flexibility index (Phi) is 3.22. The third-order valence-electron chi connectivity index (χ3n) is 3.46. The van der Waals surface area contributed by atoms with Gasteiger partial charge in [0.15, 0.2) is 8.32 Å². The second-order valence-corrected chi connectivity index (χ2v) is 10.6. The van der Waals surface area contributed by atoms with E-state index in [2.05, 4.69) is 33.9 Å². The van der Waals surface area contributed by atoms with Crippen molar-refractivity contribution < 1.29 is 9.22 Å². The molecule has 1 fully saturated rings. The minimum atomic E-state index is -1.74. The third-order valence-corrected chi connectivity index (χ3v) is 7.93. The lowest BCUT2D eigenvalue weighted by Gasteiger charge is -2.38. The quantitative estimate of drug-likeness (QED) is 0.531. The molecule has 82 valence electrons. The van der Waals surface area contributed by atoms with Gasteiger partial charge in [-0.05, 0) is 36.9 Å². The molecule has 1 saturated carbocycles. The zero-order valence-corrected chi connectivity index (χ0v) is 11.0. The SMILES string of the molecule is CC(C)(C)[Si](C)(C)O[C@H](C=O)C1CC1. The molecular formula is C11H22O2Si. The molecule has 0 bridgehead atoms. The van der Waals surface area contributed by atoms with E-state index in [-0.39, 0.29) is 11.1 Å². The van der Waals surface area contributed by atoms with E-state index in [0.29, 0.717) is 5.92 Å². The molecule has 14 heavy (non-hydrogen) atoms. The Hall–Kier alpha value is -0.153. The van der Waals surface area contributed by atoms with Gasteiger partial charge in [0.25, 0.3) is 0 Å². The highest BCUT2D eigenvalue weighted by atomic mass is 28.4. The fourth-order valence-corrected chi connectivity index (χ4v) is 2.46. The van der Waals surface area contributed by atoms with Crippen LogP contribution in [0.4, 0.5) is 0 Å². The van der Waals surface area contributed by atoms with Gasteiger partial charge in [-0.3, -0.25) is 0 Å². The van der Waals surface area contributed by atoms with Gasteiger partial charge in [0.2, 0.25) is 0 Å². The predicted octanol–water partition coefficient (Wildman–Crippen LogP) is 2.99. The molecule has 0 aromatic heterocycles. The van der Waals surface area contributed by atoms with Crippen LogP contribution in [-0.4, -0.2) is 20.7 Å². The molecule has 0 aromatic carbocycles. The van der Waals surface area contributed by atoms with Gasteiger partial charge in [-0.1, -0.05) is 20.8 Å². The molecule has 1 aliphatic rings. The molecule has 1 aliphatic carbocycles. The minimum Gasteiger partial charge on any atom is -0.407 e. The van der Waals surface area contributed by atoms with Crippen LogP contribution in [0.15, 0.2) is 0 Å². The Morgan fingerprint density at radius 1 is 1.36 bits per heavy atom. The molecule has 0 saturated heterocycles. The maximum Gasteiger partial charge on any atom is 0.193 e. The zero-order valence-electron chi connectivity index (χ0n) is 9.96. The minimum absolute atomic E-state index is 0.129. The van der Waals surface area contributed by atoms with Crippen LogP contribution in [0, 0.1) is 5.92 Å². The molecule has 0 unspecified atom stereocenters. The summed E-state index contributed by atoms with van der Waals surface area (Å²) in [6.45, 7) is 11.0. The number of hydrogen-bond acceptors (Lipinski definition) is 2. The van der Waals surface area contributed by atoms with Crippen molar-refractivity contribution in [3.05, 3.63) is 0 Å². The summed E-state index contributed by atoms with van der Waals surface area (Å²) in [6.07, 6.45) is 3.20. The van der Waals surface area contributed by atoms with E-state index < -0.39 is 8.32 Å². The summed E-state index contributed by atoms with van der Waals surface area (Å²) in [6, 6.07) is 0. The molecule has 1 rings (SSSR count). The fourth-order valence-electron chi connectivity index (χ4n) is 1.18. The van der Waals surface area contributed by atoms with Gasteiger partial charge in [0, 0.05) is 0 Å². The van der Waals surface area contributed by atoms with E-state index in [4.69, 9.17) is 4.43 Å². The van der Waals surface area contributed by atoms with Crippen molar-refractivity contribution in [1.82, 2.24) is 0 Å². The lowest BCUT2D eigenvalue weighted by atomic mass is 10.2. The van der Waals surface area contributed by atoms with Gasteiger partial charge in [0.1, 0.15) is 12.4 Å². The average Bonchev–Trinajstić information content (AvgIpc) is 2.80. The number of rotatable bonds is 4. The summed E-state index contributed by atoms with van der Waals surface area (Å²) >= 11 is 0. The van der Waals surface area contributed by atoms with Crippen LogP contribution in [0.3, 0.4) is 0 Å². The molecule has 1 atom stereocenters. The largest absolute Gasteiger partial charge is 0.407 e. The highest BCUT2D eigenvalue weighted by Gasteiger charge is 2.42. The first-order valence-corrected chi connectivity index (χ1v) is 8.32. The van der Waals surface area contributed by atoms with E-state index in [1.165, 1.54) is 0 Å². The van der Waals surface area contributed by atoms with Gasteiger partial charge in [-0.15, -0.1) is 0 Å². The highest BCUT2D eigenvalue weighted by molar-refractivity contribution is 6.74. The van der Waals surface area contributed by atoms with Crippen molar-refractivity contribution in [2.24, 2.45) is 5.92 Å². The second kappa shape index (κ2) is 3.78. The summed E-state index contributed by atoms with van der Waals surface area (Å²) in [5.74, 6) is 0.515. The monoisotopic (exact) mass is 214 g/mol. The van der Waals surface area contributed by atoms with Gasteiger partial charge in [-0.2, -0.15) is 0 Å². The van der Waals surface area contributed by atoms with Crippen molar-refractivity contribution in [2.45, 2.75) is 57.8 Å². The number of carbonyl (C=O) groups excluding carboxylic acids is 1. The molecule has 2 nitrogen and oxygen atoms in total.